The largest absolute Gasteiger partial charge is 0.315 e. The molecule has 2 heteroatoms. The van der Waals surface area contributed by atoms with E-state index in [0.29, 0.717) is 6.04 Å². The van der Waals surface area contributed by atoms with Crippen LogP contribution in [0.5, 0.6) is 0 Å². The van der Waals surface area contributed by atoms with E-state index in [9.17, 15) is 0 Å². The van der Waals surface area contributed by atoms with Crippen molar-refractivity contribution in [2.24, 2.45) is 17.8 Å². The summed E-state index contributed by atoms with van der Waals surface area (Å²) in [7, 11) is 0. The van der Waals surface area contributed by atoms with E-state index >= 15 is 0 Å². The molecule has 102 valence electrons. The number of rotatable bonds is 5. The van der Waals surface area contributed by atoms with Gasteiger partial charge in [-0.15, -0.1) is 0 Å². The topological polar surface area (TPSA) is 15.3 Å². The normalized spacial score (nSPS) is 33.0. The Labute approximate surface area is 108 Å². The zero-order valence-corrected chi connectivity index (χ0v) is 12.7. The second-order valence-electron chi connectivity index (χ2n) is 6.66. The minimum atomic E-state index is 0.661. The molecule has 0 spiro atoms. The number of nitrogens with one attached hydrogen (secondary N) is 1. The van der Waals surface area contributed by atoms with Crippen molar-refractivity contribution in [3.05, 3.63) is 0 Å². The summed E-state index contributed by atoms with van der Waals surface area (Å²) in [5, 5.41) is 3.59. The Hall–Kier alpha value is -0.0800. The maximum atomic E-state index is 3.59. The Morgan fingerprint density at radius 2 is 1.76 bits per heavy atom. The van der Waals surface area contributed by atoms with E-state index in [4.69, 9.17) is 0 Å². The molecule has 2 nitrogen and oxygen atoms in total. The van der Waals surface area contributed by atoms with Gasteiger partial charge in [0.05, 0.1) is 0 Å². The SMILES string of the molecule is CC(C)CNCC(C)N1CC(C)CC(C)C1C. The van der Waals surface area contributed by atoms with Gasteiger partial charge in [-0.25, -0.2) is 0 Å². The molecule has 0 radical (unpaired) electrons. The lowest BCUT2D eigenvalue weighted by molar-refractivity contribution is 0.0464. The highest BCUT2D eigenvalue weighted by molar-refractivity contribution is 4.85. The molecule has 4 unspecified atom stereocenters. The predicted octanol–water partition coefficient (Wildman–Crippen LogP) is 2.99. The zero-order valence-electron chi connectivity index (χ0n) is 12.7. The Bertz CT molecular complexity index is 215. The number of hydrogen-bond donors (Lipinski definition) is 1. The lowest BCUT2D eigenvalue weighted by Gasteiger charge is -2.44. The van der Waals surface area contributed by atoms with Crippen LogP contribution in [0.1, 0.15) is 48.0 Å². The van der Waals surface area contributed by atoms with Gasteiger partial charge < -0.3 is 5.32 Å². The summed E-state index contributed by atoms with van der Waals surface area (Å²) in [5.74, 6) is 2.44. The number of likely N-dealkylation sites (tertiary alicyclic amines) is 1. The standard InChI is InChI=1S/C15H32N2/c1-11(2)8-16-9-14(5)17-10-12(3)7-13(4)15(17)6/h11-16H,7-10H2,1-6H3. The van der Waals surface area contributed by atoms with E-state index in [-0.39, 0.29) is 0 Å². The fourth-order valence-electron chi connectivity index (χ4n) is 3.04. The molecule has 1 rings (SSSR count). The Kier molecular flexibility index (Phi) is 5.94. The molecule has 0 aromatic rings. The Morgan fingerprint density at radius 1 is 1.12 bits per heavy atom. The second-order valence-corrected chi connectivity index (χ2v) is 6.66. The van der Waals surface area contributed by atoms with Crippen LogP contribution in [0.25, 0.3) is 0 Å². The van der Waals surface area contributed by atoms with E-state index in [0.717, 1.165) is 36.9 Å². The summed E-state index contributed by atoms with van der Waals surface area (Å²) >= 11 is 0. The van der Waals surface area contributed by atoms with E-state index in [1.165, 1.54) is 13.0 Å². The summed E-state index contributed by atoms with van der Waals surface area (Å²) in [4.78, 5) is 2.70. The molecule has 17 heavy (non-hydrogen) atoms. The lowest BCUT2D eigenvalue weighted by atomic mass is 9.85. The molecule has 4 atom stereocenters. The smallest absolute Gasteiger partial charge is 0.0195 e. The summed E-state index contributed by atoms with van der Waals surface area (Å²) in [5.41, 5.74) is 0. The zero-order chi connectivity index (χ0) is 13.0. The van der Waals surface area contributed by atoms with Gasteiger partial charge in [-0.2, -0.15) is 0 Å². The minimum absolute atomic E-state index is 0.661. The highest BCUT2D eigenvalue weighted by Crippen LogP contribution is 2.28. The first-order chi connectivity index (χ1) is 7.91. The molecule has 1 fully saturated rings. The van der Waals surface area contributed by atoms with Gasteiger partial charge >= 0.3 is 0 Å². The van der Waals surface area contributed by atoms with Gasteiger partial charge in [-0.3, -0.25) is 4.90 Å². The van der Waals surface area contributed by atoms with Crippen LogP contribution in [-0.2, 0) is 0 Å². The van der Waals surface area contributed by atoms with Gasteiger partial charge in [0, 0.05) is 25.2 Å². The van der Waals surface area contributed by atoms with Crippen LogP contribution in [0.15, 0.2) is 0 Å². The third-order valence-corrected chi connectivity index (χ3v) is 4.20. The van der Waals surface area contributed by atoms with Crippen LogP contribution < -0.4 is 5.32 Å². The molecule has 1 aliphatic rings. The van der Waals surface area contributed by atoms with Gasteiger partial charge in [0.15, 0.2) is 0 Å². The van der Waals surface area contributed by atoms with Crippen molar-refractivity contribution in [3.8, 4) is 0 Å². The number of piperidine rings is 1. The van der Waals surface area contributed by atoms with Crippen LogP contribution in [0.2, 0.25) is 0 Å². The molecular formula is C15H32N2. The summed E-state index contributed by atoms with van der Waals surface area (Å²) in [6, 6.07) is 1.40. The lowest BCUT2D eigenvalue weighted by Crippen LogP contribution is -2.52. The van der Waals surface area contributed by atoms with Gasteiger partial charge in [-0.1, -0.05) is 27.7 Å². The first-order valence-corrected chi connectivity index (χ1v) is 7.38. The third-order valence-electron chi connectivity index (χ3n) is 4.20. The van der Waals surface area contributed by atoms with Gasteiger partial charge in [0.2, 0.25) is 0 Å². The fraction of sp³-hybridized carbons (Fsp3) is 1.00. The average Bonchev–Trinajstić information content (AvgIpc) is 2.22. The van der Waals surface area contributed by atoms with Crippen LogP contribution >= 0.6 is 0 Å². The van der Waals surface area contributed by atoms with Gasteiger partial charge in [-0.05, 0) is 44.6 Å². The van der Waals surface area contributed by atoms with Crippen LogP contribution in [0, 0.1) is 17.8 Å². The molecule has 0 aromatic carbocycles. The van der Waals surface area contributed by atoms with Crippen LogP contribution in [0.3, 0.4) is 0 Å². The van der Waals surface area contributed by atoms with Crippen molar-refractivity contribution < 1.29 is 0 Å². The van der Waals surface area contributed by atoms with Crippen LogP contribution in [0.4, 0.5) is 0 Å². The quantitative estimate of drug-likeness (QED) is 0.795. The van der Waals surface area contributed by atoms with Crippen molar-refractivity contribution in [1.29, 1.82) is 0 Å². The molecule has 0 amide bonds. The first kappa shape index (κ1) is 15.0. The minimum Gasteiger partial charge on any atom is -0.315 e. The monoisotopic (exact) mass is 240 g/mol. The van der Waals surface area contributed by atoms with E-state index in [1.807, 2.05) is 0 Å². The molecule has 1 aliphatic heterocycles. The predicted molar refractivity (Wildman–Crippen MR) is 76.3 cm³/mol. The molecule has 0 saturated carbocycles. The highest BCUT2D eigenvalue weighted by Gasteiger charge is 2.31. The second kappa shape index (κ2) is 6.75. The first-order valence-electron chi connectivity index (χ1n) is 7.38. The maximum absolute atomic E-state index is 3.59. The average molecular weight is 240 g/mol. The van der Waals surface area contributed by atoms with Crippen molar-refractivity contribution >= 4 is 0 Å². The summed E-state index contributed by atoms with van der Waals surface area (Å²) in [6.07, 6.45) is 1.39. The molecule has 1 saturated heterocycles. The molecule has 0 bridgehead atoms. The molecule has 0 aliphatic carbocycles. The van der Waals surface area contributed by atoms with Crippen molar-refractivity contribution in [3.63, 3.8) is 0 Å². The number of hydrogen-bond acceptors (Lipinski definition) is 2. The van der Waals surface area contributed by atoms with Gasteiger partial charge in [0.1, 0.15) is 0 Å². The highest BCUT2D eigenvalue weighted by atomic mass is 15.2. The molecular weight excluding hydrogens is 208 g/mol. The third kappa shape index (κ3) is 4.59. The van der Waals surface area contributed by atoms with Crippen molar-refractivity contribution in [2.45, 2.75) is 60.0 Å². The van der Waals surface area contributed by atoms with Gasteiger partial charge in [0.25, 0.3) is 0 Å². The van der Waals surface area contributed by atoms with Crippen molar-refractivity contribution in [2.75, 3.05) is 19.6 Å². The summed E-state index contributed by atoms with van der Waals surface area (Å²) < 4.78 is 0. The van der Waals surface area contributed by atoms with E-state index in [1.54, 1.807) is 0 Å². The summed E-state index contributed by atoms with van der Waals surface area (Å²) in [6.45, 7) is 17.6. The van der Waals surface area contributed by atoms with E-state index in [2.05, 4.69) is 51.8 Å². The molecule has 0 aromatic heterocycles. The maximum Gasteiger partial charge on any atom is 0.0195 e. The van der Waals surface area contributed by atoms with E-state index < -0.39 is 0 Å². The fourth-order valence-corrected chi connectivity index (χ4v) is 3.04. The number of nitrogens with zero attached hydrogens (tertiary/aromatic N) is 1. The Morgan fingerprint density at radius 3 is 2.35 bits per heavy atom. The van der Waals surface area contributed by atoms with Crippen LogP contribution in [-0.4, -0.2) is 36.6 Å². The van der Waals surface area contributed by atoms with Crippen molar-refractivity contribution in [1.82, 2.24) is 10.2 Å². The molecule has 1 heterocycles. The Balaban J connectivity index is 2.40. The molecule has 1 N–H and O–H groups in total.